The highest BCUT2D eigenvalue weighted by molar-refractivity contribution is 6.28. The van der Waals surface area contributed by atoms with Gasteiger partial charge in [-0.25, -0.2) is 4.98 Å². The highest BCUT2D eigenvalue weighted by Gasteiger charge is 2.21. The predicted octanol–water partition coefficient (Wildman–Crippen LogP) is 2.49. The first-order chi connectivity index (χ1) is 9.49. The second kappa shape index (κ2) is 7.96. The van der Waals surface area contributed by atoms with Crippen molar-refractivity contribution in [3.8, 4) is 0 Å². The zero-order valence-electron chi connectivity index (χ0n) is 12.0. The molecule has 0 aliphatic rings. The SMILES string of the molecule is CCCN(CC)CCNc1nc(Cl)nc(C)c1[N+](=O)[O-]. The van der Waals surface area contributed by atoms with Gasteiger partial charge in [-0.1, -0.05) is 13.8 Å². The lowest BCUT2D eigenvalue weighted by Gasteiger charge is -2.19. The number of rotatable bonds is 8. The van der Waals surface area contributed by atoms with Crippen LogP contribution in [-0.2, 0) is 0 Å². The van der Waals surface area contributed by atoms with Crippen LogP contribution in [0, 0.1) is 17.0 Å². The Kier molecular flexibility index (Phi) is 6.60. The van der Waals surface area contributed by atoms with E-state index in [1.54, 1.807) is 6.92 Å². The van der Waals surface area contributed by atoms with Crippen LogP contribution in [0.25, 0.3) is 0 Å². The molecule has 0 unspecified atom stereocenters. The summed E-state index contributed by atoms with van der Waals surface area (Å²) in [5, 5.41) is 14.0. The fourth-order valence-corrected chi connectivity index (χ4v) is 2.16. The predicted molar refractivity (Wildman–Crippen MR) is 79.3 cm³/mol. The summed E-state index contributed by atoms with van der Waals surface area (Å²) >= 11 is 5.75. The maximum atomic E-state index is 11.0. The first kappa shape index (κ1) is 16.6. The second-order valence-electron chi connectivity index (χ2n) is 4.39. The van der Waals surface area contributed by atoms with E-state index in [0.717, 1.165) is 26.1 Å². The van der Waals surface area contributed by atoms with Gasteiger partial charge in [0, 0.05) is 13.1 Å². The van der Waals surface area contributed by atoms with Crippen LogP contribution in [0.2, 0.25) is 5.28 Å². The second-order valence-corrected chi connectivity index (χ2v) is 4.73. The van der Waals surface area contributed by atoms with E-state index in [1.165, 1.54) is 0 Å². The van der Waals surface area contributed by atoms with Crippen molar-refractivity contribution in [1.29, 1.82) is 0 Å². The molecule has 1 N–H and O–H groups in total. The van der Waals surface area contributed by atoms with Gasteiger partial charge < -0.3 is 10.2 Å². The topological polar surface area (TPSA) is 84.2 Å². The molecule has 8 heteroatoms. The maximum absolute atomic E-state index is 11.0. The minimum atomic E-state index is -0.488. The Labute approximate surface area is 123 Å². The fourth-order valence-electron chi connectivity index (χ4n) is 1.95. The van der Waals surface area contributed by atoms with Crippen molar-refractivity contribution in [1.82, 2.24) is 14.9 Å². The molecule has 0 radical (unpaired) electrons. The van der Waals surface area contributed by atoms with Crippen molar-refractivity contribution in [2.75, 3.05) is 31.5 Å². The number of nitrogens with zero attached hydrogens (tertiary/aromatic N) is 4. The summed E-state index contributed by atoms with van der Waals surface area (Å²) in [6.07, 6.45) is 1.08. The van der Waals surface area contributed by atoms with Crippen LogP contribution >= 0.6 is 11.6 Å². The van der Waals surface area contributed by atoms with Crippen molar-refractivity contribution in [2.24, 2.45) is 0 Å². The third-order valence-corrected chi connectivity index (χ3v) is 3.09. The molecule has 0 saturated carbocycles. The van der Waals surface area contributed by atoms with Gasteiger partial charge in [-0.15, -0.1) is 0 Å². The van der Waals surface area contributed by atoms with Gasteiger partial charge in [-0.05, 0) is 38.0 Å². The van der Waals surface area contributed by atoms with E-state index in [9.17, 15) is 10.1 Å². The standard InChI is InChI=1S/C12H20ClN5O2/c1-4-7-17(5-2)8-6-14-11-10(18(19)20)9(3)15-12(13)16-11/h4-8H2,1-3H3,(H,14,15,16). The average Bonchev–Trinajstić information content (AvgIpc) is 2.36. The Balaban J connectivity index is 2.74. The van der Waals surface area contributed by atoms with E-state index < -0.39 is 4.92 Å². The van der Waals surface area contributed by atoms with E-state index >= 15 is 0 Å². The van der Waals surface area contributed by atoms with Gasteiger partial charge in [0.15, 0.2) is 0 Å². The summed E-state index contributed by atoms with van der Waals surface area (Å²) in [5.41, 5.74) is 0.145. The van der Waals surface area contributed by atoms with E-state index in [-0.39, 0.29) is 22.5 Å². The van der Waals surface area contributed by atoms with E-state index in [1.807, 2.05) is 0 Å². The van der Waals surface area contributed by atoms with E-state index in [2.05, 4.69) is 34.0 Å². The smallest absolute Gasteiger partial charge is 0.332 e. The Hall–Kier alpha value is -1.47. The zero-order valence-corrected chi connectivity index (χ0v) is 12.8. The molecule has 1 aromatic rings. The number of hydrogen-bond acceptors (Lipinski definition) is 6. The number of likely N-dealkylation sites (N-methyl/N-ethyl adjacent to an activating group) is 1. The molecule has 0 amide bonds. The van der Waals surface area contributed by atoms with Crippen molar-refractivity contribution in [3.63, 3.8) is 0 Å². The van der Waals surface area contributed by atoms with Gasteiger partial charge in [0.2, 0.25) is 11.1 Å². The number of aromatic nitrogens is 2. The lowest BCUT2D eigenvalue weighted by molar-refractivity contribution is -0.385. The zero-order chi connectivity index (χ0) is 15.1. The van der Waals surface area contributed by atoms with Crippen LogP contribution in [-0.4, -0.2) is 46.0 Å². The Morgan fingerprint density at radius 2 is 2.05 bits per heavy atom. The average molecular weight is 302 g/mol. The highest BCUT2D eigenvalue weighted by Crippen LogP contribution is 2.26. The molecule has 1 rings (SSSR count). The van der Waals surface area contributed by atoms with Crippen molar-refractivity contribution in [3.05, 3.63) is 21.1 Å². The molecule has 0 aliphatic heterocycles. The molecule has 0 saturated heterocycles. The minimum absolute atomic E-state index is 0.0107. The maximum Gasteiger partial charge on any atom is 0.332 e. The van der Waals surface area contributed by atoms with Crippen LogP contribution in [0.3, 0.4) is 0 Å². The Bertz CT molecular complexity index is 469. The summed E-state index contributed by atoms with van der Waals surface area (Å²) in [4.78, 5) is 20.5. The number of anilines is 1. The molecule has 1 heterocycles. The third kappa shape index (κ3) is 4.57. The van der Waals surface area contributed by atoms with Gasteiger partial charge in [-0.3, -0.25) is 10.1 Å². The molecule has 0 fully saturated rings. The molecular formula is C12H20ClN5O2. The third-order valence-electron chi connectivity index (χ3n) is 2.92. The normalized spacial score (nSPS) is 10.8. The van der Waals surface area contributed by atoms with Gasteiger partial charge >= 0.3 is 5.69 Å². The first-order valence-electron chi connectivity index (χ1n) is 6.64. The molecule has 7 nitrogen and oxygen atoms in total. The summed E-state index contributed by atoms with van der Waals surface area (Å²) in [5.74, 6) is 0.181. The number of aryl methyl sites for hydroxylation is 1. The molecule has 0 aromatic carbocycles. The fraction of sp³-hybridized carbons (Fsp3) is 0.667. The summed E-state index contributed by atoms with van der Waals surface area (Å²) in [6.45, 7) is 9.07. The minimum Gasteiger partial charge on any atom is -0.363 e. The van der Waals surface area contributed by atoms with Crippen molar-refractivity contribution < 1.29 is 4.92 Å². The number of halogens is 1. The van der Waals surface area contributed by atoms with Gasteiger partial charge in [-0.2, -0.15) is 4.98 Å². The molecule has 0 aliphatic carbocycles. The highest BCUT2D eigenvalue weighted by atomic mass is 35.5. The Morgan fingerprint density at radius 3 is 2.60 bits per heavy atom. The lowest BCUT2D eigenvalue weighted by Crippen LogP contribution is -2.30. The van der Waals surface area contributed by atoms with E-state index in [4.69, 9.17) is 11.6 Å². The summed E-state index contributed by atoms with van der Waals surface area (Å²) in [6, 6.07) is 0. The van der Waals surface area contributed by atoms with E-state index in [0.29, 0.717) is 6.54 Å². The molecule has 0 bridgehead atoms. The molecule has 0 spiro atoms. The molecule has 0 atom stereocenters. The Morgan fingerprint density at radius 1 is 1.35 bits per heavy atom. The quantitative estimate of drug-likeness (QED) is 0.451. The molecule has 1 aromatic heterocycles. The van der Waals surface area contributed by atoms with Gasteiger partial charge in [0.25, 0.3) is 0 Å². The summed E-state index contributed by atoms with van der Waals surface area (Å²) < 4.78 is 0. The van der Waals surface area contributed by atoms with Crippen LogP contribution < -0.4 is 5.32 Å². The molecule has 20 heavy (non-hydrogen) atoms. The van der Waals surface area contributed by atoms with Crippen LogP contribution in [0.1, 0.15) is 26.0 Å². The largest absolute Gasteiger partial charge is 0.363 e. The summed E-state index contributed by atoms with van der Waals surface area (Å²) in [7, 11) is 0. The number of hydrogen-bond donors (Lipinski definition) is 1. The molecular weight excluding hydrogens is 282 g/mol. The van der Waals surface area contributed by atoms with Crippen molar-refractivity contribution in [2.45, 2.75) is 27.2 Å². The van der Waals surface area contributed by atoms with Gasteiger partial charge in [0.1, 0.15) is 5.69 Å². The first-order valence-corrected chi connectivity index (χ1v) is 7.02. The lowest BCUT2D eigenvalue weighted by atomic mass is 10.3. The number of nitrogens with one attached hydrogen (secondary N) is 1. The number of nitro groups is 1. The molecule has 112 valence electrons. The van der Waals surface area contributed by atoms with Crippen LogP contribution in [0.5, 0.6) is 0 Å². The monoisotopic (exact) mass is 301 g/mol. The van der Waals surface area contributed by atoms with Crippen LogP contribution in [0.15, 0.2) is 0 Å². The van der Waals surface area contributed by atoms with Crippen LogP contribution in [0.4, 0.5) is 11.5 Å². The van der Waals surface area contributed by atoms with Gasteiger partial charge in [0.05, 0.1) is 4.92 Å². The van der Waals surface area contributed by atoms with Crippen molar-refractivity contribution >= 4 is 23.1 Å².